The molecule has 0 spiro atoms. The van der Waals surface area contributed by atoms with Crippen LogP contribution in [-0.4, -0.2) is 27.8 Å². The molecule has 1 N–H and O–H groups in total. The number of carbonyl (C=O) groups is 1. The molecule has 0 radical (unpaired) electrons. The number of hydrogen-bond acceptors (Lipinski definition) is 2. The van der Waals surface area contributed by atoms with E-state index in [1.54, 1.807) is 36.5 Å². The molecule has 0 saturated heterocycles. The van der Waals surface area contributed by atoms with E-state index in [1.165, 1.54) is 12.1 Å². The number of pyridine rings is 1. The van der Waals surface area contributed by atoms with Gasteiger partial charge in [-0.25, -0.2) is 4.39 Å². The first-order valence-corrected chi connectivity index (χ1v) is 6.56. The van der Waals surface area contributed by atoms with Crippen molar-refractivity contribution < 1.29 is 9.18 Å². The zero-order valence-corrected chi connectivity index (χ0v) is 11.5. The molecule has 0 atom stereocenters. The molecule has 21 heavy (non-hydrogen) atoms. The van der Waals surface area contributed by atoms with E-state index in [2.05, 4.69) is 9.97 Å². The van der Waals surface area contributed by atoms with E-state index in [0.29, 0.717) is 17.6 Å². The summed E-state index contributed by atoms with van der Waals surface area (Å²) in [7, 11) is 1.72. The van der Waals surface area contributed by atoms with E-state index in [4.69, 9.17) is 0 Å². The molecule has 106 valence electrons. The van der Waals surface area contributed by atoms with Crippen LogP contribution in [0.1, 0.15) is 16.1 Å². The van der Waals surface area contributed by atoms with Crippen molar-refractivity contribution in [1.29, 1.82) is 0 Å². The van der Waals surface area contributed by atoms with Gasteiger partial charge in [-0.1, -0.05) is 6.07 Å². The van der Waals surface area contributed by atoms with Crippen LogP contribution in [0.5, 0.6) is 0 Å². The van der Waals surface area contributed by atoms with Gasteiger partial charge in [0.15, 0.2) is 0 Å². The number of nitrogens with zero attached hydrogens (tertiary/aromatic N) is 2. The summed E-state index contributed by atoms with van der Waals surface area (Å²) in [5.74, 6) is -0.459. The average Bonchev–Trinajstić information content (AvgIpc) is 2.90. The number of hydrogen-bond donors (Lipinski definition) is 1. The zero-order chi connectivity index (χ0) is 14.8. The molecule has 0 unspecified atom stereocenters. The number of carbonyl (C=O) groups excluding carboxylic acids is 1. The van der Waals surface area contributed by atoms with Crippen molar-refractivity contribution in [1.82, 2.24) is 14.9 Å². The average molecular weight is 283 g/mol. The van der Waals surface area contributed by atoms with Crippen LogP contribution in [0.4, 0.5) is 4.39 Å². The Bertz CT molecular complexity index is 783. The van der Waals surface area contributed by atoms with Gasteiger partial charge in [0.25, 0.3) is 5.91 Å². The summed E-state index contributed by atoms with van der Waals surface area (Å²) in [6, 6.07) is 9.82. The predicted molar refractivity (Wildman–Crippen MR) is 78.3 cm³/mol. The normalized spacial score (nSPS) is 10.8. The number of H-pyrrole nitrogens is 1. The highest BCUT2D eigenvalue weighted by molar-refractivity contribution is 5.97. The molecule has 3 rings (SSSR count). The fourth-order valence-corrected chi connectivity index (χ4v) is 2.26. The number of aromatic nitrogens is 2. The van der Waals surface area contributed by atoms with Crippen LogP contribution < -0.4 is 0 Å². The van der Waals surface area contributed by atoms with E-state index in [1.807, 2.05) is 12.1 Å². The molecule has 0 aliphatic rings. The SMILES string of the molecule is CN(Cc1cccnc1)C(=O)c1cc2cc(F)ccc2[nH]1. The van der Waals surface area contributed by atoms with Crippen LogP contribution in [0.15, 0.2) is 48.8 Å². The number of nitrogens with one attached hydrogen (secondary N) is 1. The largest absolute Gasteiger partial charge is 0.351 e. The Morgan fingerprint density at radius 3 is 2.95 bits per heavy atom. The highest BCUT2D eigenvalue weighted by Gasteiger charge is 2.15. The Morgan fingerprint density at radius 1 is 1.33 bits per heavy atom. The Balaban J connectivity index is 1.82. The Kier molecular flexibility index (Phi) is 3.39. The van der Waals surface area contributed by atoms with Crippen molar-refractivity contribution in [2.45, 2.75) is 6.54 Å². The lowest BCUT2D eigenvalue weighted by atomic mass is 10.2. The highest BCUT2D eigenvalue weighted by atomic mass is 19.1. The second-order valence-corrected chi connectivity index (χ2v) is 4.94. The van der Waals surface area contributed by atoms with Crippen LogP contribution in [0.2, 0.25) is 0 Å². The molecular formula is C16H14FN3O. The lowest BCUT2D eigenvalue weighted by Crippen LogP contribution is -2.26. The predicted octanol–water partition coefficient (Wildman–Crippen LogP) is 2.97. The van der Waals surface area contributed by atoms with Crippen molar-refractivity contribution in [3.05, 3.63) is 65.9 Å². The lowest BCUT2D eigenvalue weighted by Gasteiger charge is -2.16. The highest BCUT2D eigenvalue weighted by Crippen LogP contribution is 2.18. The number of amides is 1. The van der Waals surface area contributed by atoms with Gasteiger partial charge < -0.3 is 9.88 Å². The minimum absolute atomic E-state index is 0.143. The minimum Gasteiger partial charge on any atom is -0.351 e. The number of aromatic amines is 1. The minimum atomic E-state index is -0.316. The summed E-state index contributed by atoms with van der Waals surface area (Å²) >= 11 is 0. The van der Waals surface area contributed by atoms with Crippen LogP contribution in [0.3, 0.4) is 0 Å². The van der Waals surface area contributed by atoms with Gasteiger partial charge in [-0.15, -0.1) is 0 Å². The first-order valence-electron chi connectivity index (χ1n) is 6.56. The van der Waals surface area contributed by atoms with E-state index >= 15 is 0 Å². The van der Waals surface area contributed by atoms with E-state index in [-0.39, 0.29) is 11.7 Å². The summed E-state index contributed by atoms with van der Waals surface area (Å²) in [5.41, 5.74) is 2.15. The lowest BCUT2D eigenvalue weighted by molar-refractivity contribution is 0.0780. The standard InChI is InChI=1S/C16H14FN3O/c1-20(10-11-3-2-6-18-9-11)16(21)15-8-12-7-13(17)4-5-14(12)19-15/h2-9,19H,10H2,1H3. The van der Waals surface area contributed by atoms with E-state index in [0.717, 1.165) is 11.1 Å². The fraction of sp³-hybridized carbons (Fsp3) is 0.125. The van der Waals surface area contributed by atoms with Crippen molar-refractivity contribution in [2.75, 3.05) is 7.05 Å². The summed E-state index contributed by atoms with van der Waals surface area (Å²) in [5, 5.41) is 0.688. The summed E-state index contributed by atoms with van der Waals surface area (Å²) in [6.45, 7) is 0.469. The quantitative estimate of drug-likeness (QED) is 0.803. The van der Waals surface area contributed by atoms with Gasteiger partial charge >= 0.3 is 0 Å². The molecule has 0 saturated carbocycles. The van der Waals surface area contributed by atoms with E-state index < -0.39 is 0 Å². The van der Waals surface area contributed by atoms with Crippen molar-refractivity contribution in [2.24, 2.45) is 0 Å². The number of fused-ring (bicyclic) bond motifs is 1. The maximum Gasteiger partial charge on any atom is 0.270 e. The van der Waals surface area contributed by atoms with Gasteiger partial charge in [-0.2, -0.15) is 0 Å². The topological polar surface area (TPSA) is 49.0 Å². The van der Waals surface area contributed by atoms with Gasteiger partial charge in [0.05, 0.1) is 0 Å². The van der Waals surface area contributed by atoms with Gasteiger partial charge in [0, 0.05) is 36.9 Å². The molecule has 2 heterocycles. The van der Waals surface area contributed by atoms with Gasteiger partial charge in [-0.3, -0.25) is 9.78 Å². The third-order valence-electron chi connectivity index (χ3n) is 3.30. The second kappa shape index (κ2) is 5.36. The maximum atomic E-state index is 13.2. The van der Waals surface area contributed by atoms with Crippen molar-refractivity contribution in [3.63, 3.8) is 0 Å². The summed E-state index contributed by atoms with van der Waals surface area (Å²) in [6.07, 6.45) is 3.42. The zero-order valence-electron chi connectivity index (χ0n) is 11.5. The third-order valence-corrected chi connectivity index (χ3v) is 3.30. The molecule has 4 nitrogen and oxygen atoms in total. The van der Waals surface area contributed by atoms with Crippen LogP contribution in [0.25, 0.3) is 10.9 Å². The molecule has 0 bridgehead atoms. The molecule has 2 aromatic heterocycles. The molecular weight excluding hydrogens is 269 g/mol. The summed E-state index contributed by atoms with van der Waals surface area (Å²) in [4.78, 5) is 21.0. The third kappa shape index (κ3) is 2.76. The van der Waals surface area contributed by atoms with Gasteiger partial charge in [0.2, 0.25) is 0 Å². The first-order chi connectivity index (χ1) is 10.1. The maximum absolute atomic E-state index is 13.2. The molecule has 3 aromatic rings. The molecule has 5 heteroatoms. The van der Waals surface area contributed by atoms with Gasteiger partial charge in [0.1, 0.15) is 11.5 Å². The molecule has 0 aliphatic carbocycles. The smallest absolute Gasteiger partial charge is 0.270 e. The van der Waals surface area contributed by atoms with Crippen LogP contribution in [-0.2, 0) is 6.54 Å². The molecule has 1 amide bonds. The van der Waals surface area contributed by atoms with Crippen molar-refractivity contribution in [3.8, 4) is 0 Å². The van der Waals surface area contributed by atoms with Gasteiger partial charge in [-0.05, 0) is 35.9 Å². The first kappa shape index (κ1) is 13.3. The monoisotopic (exact) mass is 283 g/mol. The molecule has 0 fully saturated rings. The van der Waals surface area contributed by atoms with Crippen LogP contribution in [0, 0.1) is 5.82 Å². The molecule has 1 aromatic carbocycles. The fourth-order valence-electron chi connectivity index (χ4n) is 2.26. The Hall–Kier alpha value is -2.69. The number of rotatable bonds is 3. The Labute approximate surface area is 121 Å². The number of benzene rings is 1. The number of halogens is 1. The molecule has 0 aliphatic heterocycles. The van der Waals surface area contributed by atoms with E-state index in [9.17, 15) is 9.18 Å². The van der Waals surface area contributed by atoms with Crippen molar-refractivity contribution >= 4 is 16.8 Å². The summed E-state index contributed by atoms with van der Waals surface area (Å²) < 4.78 is 13.2. The second-order valence-electron chi connectivity index (χ2n) is 4.94. The van der Waals surface area contributed by atoms with Crippen LogP contribution >= 0.6 is 0 Å². The Morgan fingerprint density at radius 2 is 2.19 bits per heavy atom.